The highest BCUT2D eigenvalue weighted by Crippen LogP contribution is 2.50. The summed E-state index contributed by atoms with van der Waals surface area (Å²) in [5.41, 5.74) is 22.4. The van der Waals surface area contributed by atoms with Crippen LogP contribution in [0.15, 0.2) is 176 Å². The molecule has 0 saturated carbocycles. The summed E-state index contributed by atoms with van der Waals surface area (Å²) < 4.78 is 0. The van der Waals surface area contributed by atoms with Gasteiger partial charge in [-0.05, 0) is 115 Å². The van der Waals surface area contributed by atoms with Crippen molar-refractivity contribution in [1.82, 2.24) is 15.0 Å². The van der Waals surface area contributed by atoms with E-state index in [-0.39, 0.29) is 0 Å². The molecule has 0 radical (unpaired) electrons. The largest absolute Gasteiger partial charge is 0.317 e. The number of benzene rings is 7. The number of hydrogen-bond acceptors (Lipinski definition) is 6. The monoisotopic (exact) mass is 810 g/mol. The second kappa shape index (κ2) is 17.9. The molecule has 6 heteroatoms. The van der Waals surface area contributed by atoms with Gasteiger partial charge in [-0.3, -0.25) is 0 Å². The van der Waals surface area contributed by atoms with Gasteiger partial charge in [0.2, 0.25) is 0 Å². The Balaban J connectivity index is 1.27. The van der Waals surface area contributed by atoms with Gasteiger partial charge >= 0.3 is 0 Å². The van der Waals surface area contributed by atoms with Crippen LogP contribution in [0.2, 0.25) is 0 Å². The van der Waals surface area contributed by atoms with Gasteiger partial charge in [-0.2, -0.15) is 0 Å². The van der Waals surface area contributed by atoms with Crippen LogP contribution in [0, 0.1) is 5.92 Å². The molecule has 0 atom stereocenters. The number of para-hydroxylation sites is 4. The van der Waals surface area contributed by atoms with Gasteiger partial charge < -0.3 is 15.2 Å². The van der Waals surface area contributed by atoms with Crippen molar-refractivity contribution in [2.24, 2.45) is 5.92 Å². The molecule has 0 unspecified atom stereocenters. The highest BCUT2D eigenvalue weighted by molar-refractivity contribution is 6.13. The van der Waals surface area contributed by atoms with Gasteiger partial charge in [-0.25, -0.2) is 15.0 Å². The molecule has 62 heavy (non-hydrogen) atoms. The number of hydrogen-bond donors (Lipinski definition) is 1. The second-order valence-corrected chi connectivity index (χ2v) is 16.3. The Morgan fingerprint density at radius 1 is 0.516 bits per heavy atom. The highest BCUT2D eigenvalue weighted by Gasteiger charge is 2.31. The molecule has 7 aromatic carbocycles. The summed E-state index contributed by atoms with van der Waals surface area (Å²) in [6.07, 6.45) is 3.90. The Kier molecular flexibility index (Phi) is 11.7. The van der Waals surface area contributed by atoms with Gasteiger partial charge in [-0.15, -0.1) is 0 Å². The lowest BCUT2D eigenvalue weighted by Gasteiger charge is -2.36. The van der Waals surface area contributed by atoms with E-state index in [0.29, 0.717) is 5.92 Å². The number of hydrazine groups is 1. The number of rotatable bonds is 12. The molecule has 0 amide bonds. The van der Waals surface area contributed by atoms with Crippen LogP contribution in [0.25, 0.3) is 38.9 Å². The third kappa shape index (κ3) is 7.86. The van der Waals surface area contributed by atoms with E-state index < -0.39 is 0 Å². The summed E-state index contributed by atoms with van der Waals surface area (Å²) in [6, 6.07) is 60.4. The van der Waals surface area contributed by atoms with Crippen molar-refractivity contribution in [2.75, 3.05) is 28.3 Å². The van der Waals surface area contributed by atoms with E-state index in [4.69, 9.17) is 9.97 Å². The minimum absolute atomic E-state index is 0.468. The zero-order chi connectivity index (χ0) is 42.6. The first-order valence-electron chi connectivity index (χ1n) is 22.0. The van der Waals surface area contributed by atoms with Crippen LogP contribution in [0.5, 0.6) is 0 Å². The smallest absolute Gasteiger partial charge is 0.0996 e. The van der Waals surface area contributed by atoms with Crippen molar-refractivity contribution in [1.29, 1.82) is 0 Å². The first kappa shape index (κ1) is 40.4. The minimum atomic E-state index is 0.468. The fourth-order valence-electron chi connectivity index (χ4n) is 8.93. The van der Waals surface area contributed by atoms with Crippen LogP contribution < -0.4 is 15.2 Å². The molecular formula is C56H54N6. The predicted octanol–water partition coefficient (Wildman–Crippen LogP) is 14.7. The van der Waals surface area contributed by atoms with Crippen LogP contribution in [0.3, 0.4) is 0 Å². The molecule has 6 nitrogen and oxygen atoms in total. The van der Waals surface area contributed by atoms with Crippen LogP contribution in [-0.4, -0.2) is 28.1 Å². The average Bonchev–Trinajstić information content (AvgIpc) is 3.32. The lowest BCUT2D eigenvalue weighted by molar-refractivity contribution is 0.319. The van der Waals surface area contributed by atoms with E-state index in [1.165, 1.54) is 11.1 Å². The molecule has 308 valence electrons. The molecule has 0 bridgehead atoms. The summed E-state index contributed by atoms with van der Waals surface area (Å²) >= 11 is 0. The Bertz CT molecular complexity index is 2720. The number of anilines is 7. The molecule has 1 N–H and O–H groups in total. The number of aromatic nitrogens is 2. The van der Waals surface area contributed by atoms with Crippen molar-refractivity contribution >= 4 is 56.4 Å². The molecule has 8 aromatic rings. The third-order valence-corrected chi connectivity index (χ3v) is 11.7. The van der Waals surface area contributed by atoms with Gasteiger partial charge in [-0.1, -0.05) is 131 Å². The van der Waals surface area contributed by atoms with Crippen LogP contribution in [-0.2, 0) is 12.8 Å². The first-order chi connectivity index (χ1) is 30.4. The van der Waals surface area contributed by atoms with E-state index >= 15 is 0 Å². The maximum atomic E-state index is 5.60. The molecule has 0 aliphatic carbocycles. The third-order valence-electron chi connectivity index (χ3n) is 11.7. The van der Waals surface area contributed by atoms with Crippen molar-refractivity contribution in [3.63, 3.8) is 0 Å². The lowest BCUT2D eigenvalue weighted by atomic mass is 9.85. The molecule has 1 aliphatic rings. The Morgan fingerprint density at radius 2 is 0.887 bits per heavy atom. The summed E-state index contributed by atoms with van der Waals surface area (Å²) in [5, 5.41) is 2.37. The van der Waals surface area contributed by atoms with E-state index in [0.717, 1.165) is 110 Å². The SMILES string of the molecule is C/C=C1/CN(CC(C)C)Nc2c1c(-c1ccc(N(c3ccccc3)c3ccccc3)cc1)c1nc(CC)c(CC)nc1c2-c1ccc(N(c2ccccc2)c2ccccc2)cc1. The van der Waals surface area contributed by atoms with E-state index in [2.05, 4.69) is 231 Å². The summed E-state index contributed by atoms with van der Waals surface area (Å²) in [7, 11) is 0. The van der Waals surface area contributed by atoms with Gasteiger partial charge in [0.25, 0.3) is 0 Å². The van der Waals surface area contributed by atoms with E-state index in [9.17, 15) is 0 Å². The number of nitrogens with zero attached hydrogens (tertiary/aromatic N) is 5. The topological polar surface area (TPSA) is 47.5 Å². The van der Waals surface area contributed by atoms with Crippen molar-refractivity contribution in [3.05, 3.63) is 193 Å². The van der Waals surface area contributed by atoms with Gasteiger partial charge in [0.15, 0.2) is 0 Å². The van der Waals surface area contributed by atoms with Crippen molar-refractivity contribution in [3.8, 4) is 22.3 Å². The Morgan fingerprint density at radius 3 is 1.26 bits per heavy atom. The summed E-state index contributed by atoms with van der Waals surface area (Å²) in [6.45, 7) is 12.8. The Hall–Kier alpha value is -7.02. The van der Waals surface area contributed by atoms with Crippen LogP contribution >= 0.6 is 0 Å². The molecule has 2 heterocycles. The fourth-order valence-corrected chi connectivity index (χ4v) is 8.93. The zero-order valence-electron chi connectivity index (χ0n) is 36.4. The molecule has 9 rings (SSSR count). The van der Waals surface area contributed by atoms with Gasteiger partial charge in [0.1, 0.15) is 0 Å². The average molecular weight is 811 g/mol. The quantitative estimate of drug-likeness (QED) is 0.133. The maximum absolute atomic E-state index is 5.60. The standard InChI is InChI=1S/C56H54N6/c1-6-40-38-60(37-39(4)5)59-54-51(40)52(41-29-33-47(34-30-41)61(43-21-13-9-14-22-43)44-23-15-10-16-24-44)55-56(58-50(8-3)49(7-2)57-55)53(54)42-31-35-48(36-32-42)62(45-25-17-11-18-26-45)46-27-19-12-20-28-46/h6,9-36,39,59H,7-8,37-38H2,1-5H3/b40-6-. The van der Waals surface area contributed by atoms with Gasteiger partial charge in [0.05, 0.1) is 28.1 Å². The van der Waals surface area contributed by atoms with Crippen LogP contribution in [0.4, 0.5) is 39.8 Å². The predicted molar refractivity (Wildman–Crippen MR) is 262 cm³/mol. The van der Waals surface area contributed by atoms with E-state index in [1.54, 1.807) is 0 Å². The highest BCUT2D eigenvalue weighted by atomic mass is 15.5. The Labute approximate surface area is 366 Å². The fraction of sp³-hybridized carbons (Fsp3) is 0.179. The van der Waals surface area contributed by atoms with Crippen LogP contribution in [0.1, 0.15) is 51.6 Å². The number of aryl methyl sites for hydroxylation is 2. The second-order valence-electron chi connectivity index (χ2n) is 16.3. The van der Waals surface area contributed by atoms with Crippen molar-refractivity contribution in [2.45, 2.75) is 47.5 Å². The zero-order valence-corrected chi connectivity index (χ0v) is 36.4. The lowest BCUT2D eigenvalue weighted by Crippen LogP contribution is -2.38. The summed E-state index contributed by atoms with van der Waals surface area (Å²) in [5.74, 6) is 0.468. The van der Waals surface area contributed by atoms with E-state index in [1.807, 2.05) is 0 Å². The van der Waals surface area contributed by atoms with Gasteiger partial charge in [0, 0.05) is 63.9 Å². The first-order valence-corrected chi connectivity index (χ1v) is 22.0. The van der Waals surface area contributed by atoms with Crippen molar-refractivity contribution < 1.29 is 0 Å². The molecule has 0 spiro atoms. The molecular weight excluding hydrogens is 757 g/mol. The summed E-state index contributed by atoms with van der Waals surface area (Å²) in [4.78, 5) is 15.8. The molecule has 1 aliphatic heterocycles. The molecule has 1 aromatic heterocycles. The molecule has 0 fully saturated rings. The number of allylic oxidation sites excluding steroid dienone is 1. The number of fused-ring (bicyclic) bond motifs is 2. The maximum Gasteiger partial charge on any atom is 0.0996 e. The molecule has 0 saturated heterocycles. The normalized spacial score (nSPS) is 13.3. The minimum Gasteiger partial charge on any atom is -0.317 e. The number of nitrogens with one attached hydrogen (secondary N) is 1.